The maximum atomic E-state index is 12.2. The Hall–Kier alpha value is -0.690. The van der Waals surface area contributed by atoms with Gasteiger partial charge in [0, 0.05) is 0 Å². The average molecular weight is 405 g/mol. The van der Waals surface area contributed by atoms with Gasteiger partial charge in [-0.05, 0) is 27.2 Å². The van der Waals surface area contributed by atoms with Gasteiger partial charge in [-0.1, -0.05) is 77.6 Å². The number of unbranched alkanes of at least 4 members (excludes halogenated alkanes) is 11. The molecule has 28 heavy (non-hydrogen) atoms. The van der Waals surface area contributed by atoms with Crippen molar-refractivity contribution < 1.29 is 28.8 Å². The van der Waals surface area contributed by atoms with E-state index in [0.29, 0.717) is 6.61 Å². The summed E-state index contributed by atoms with van der Waals surface area (Å²) in [6.07, 6.45) is 15.2. The average Bonchev–Trinajstić information content (AvgIpc) is 2.69. The van der Waals surface area contributed by atoms with Gasteiger partial charge in [-0.3, -0.25) is 4.89 Å². The van der Waals surface area contributed by atoms with Gasteiger partial charge in [0.05, 0.1) is 26.4 Å². The molecule has 0 atom stereocenters. The fourth-order valence-electron chi connectivity index (χ4n) is 2.99. The molecule has 0 aromatic carbocycles. The van der Waals surface area contributed by atoms with Crippen molar-refractivity contribution in [2.24, 2.45) is 0 Å². The third-order valence-corrected chi connectivity index (χ3v) is 4.46. The molecule has 6 nitrogen and oxygen atoms in total. The molecule has 0 aliphatic rings. The van der Waals surface area contributed by atoms with Crippen molar-refractivity contribution in [2.45, 2.75) is 111 Å². The summed E-state index contributed by atoms with van der Waals surface area (Å²) in [5.41, 5.74) is 0. The van der Waals surface area contributed by atoms with E-state index in [1.807, 2.05) is 0 Å². The van der Waals surface area contributed by atoms with E-state index in [0.717, 1.165) is 12.8 Å². The molecule has 0 saturated heterocycles. The van der Waals surface area contributed by atoms with Crippen LogP contribution in [0.1, 0.15) is 105 Å². The van der Waals surface area contributed by atoms with Gasteiger partial charge in [0.25, 0.3) is 0 Å². The van der Waals surface area contributed by atoms with Crippen molar-refractivity contribution in [3.63, 3.8) is 0 Å². The SMILES string of the molecule is CCCCCCCCCCCCCCOC(OCC)(OCC)C(=O)OOCC. The van der Waals surface area contributed by atoms with E-state index in [9.17, 15) is 4.79 Å². The first-order valence-corrected chi connectivity index (χ1v) is 11.4. The predicted molar refractivity (Wildman–Crippen MR) is 111 cm³/mol. The molecule has 0 saturated carbocycles. The van der Waals surface area contributed by atoms with Crippen LogP contribution in [-0.2, 0) is 28.8 Å². The lowest BCUT2D eigenvalue weighted by molar-refractivity contribution is -0.387. The van der Waals surface area contributed by atoms with Gasteiger partial charge in [0.15, 0.2) is 0 Å². The number of hydrogen-bond acceptors (Lipinski definition) is 6. The van der Waals surface area contributed by atoms with Gasteiger partial charge in [-0.15, -0.1) is 0 Å². The van der Waals surface area contributed by atoms with Gasteiger partial charge in [0.1, 0.15) is 0 Å². The monoisotopic (exact) mass is 404 g/mol. The van der Waals surface area contributed by atoms with E-state index in [-0.39, 0.29) is 19.8 Å². The molecule has 168 valence electrons. The summed E-state index contributed by atoms with van der Waals surface area (Å²) in [6.45, 7) is 8.68. The zero-order chi connectivity index (χ0) is 20.9. The van der Waals surface area contributed by atoms with Gasteiger partial charge in [-0.2, -0.15) is 4.89 Å². The molecule has 0 aliphatic carbocycles. The van der Waals surface area contributed by atoms with Crippen LogP contribution in [-0.4, -0.2) is 38.4 Å². The van der Waals surface area contributed by atoms with Crippen molar-refractivity contribution in [1.82, 2.24) is 0 Å². The first-order valence-electron chi connectivity index (χ1n) is 11.4. The molecule has 0 fully saturated rings. The highest BCUT2D eigenvalue weighted by molar-refractivity contribution is 5.75. The van der Waals surface area contributed by atoms with E-state index in [4.69, 9.17) is 24.0 Å². The van der Waals surface area contributed by atoms with Crippen molar-refractivity contribution in [2.75, 3.05) is 26.4 Å². The fraction of sp³-hybridized carbons (Fsp3) is 0.955. The third-order valence-electron chi connectivity index (χ3n) is 4.46. The summed E-state index contributed by atoms with van der Waals surface area (Å²) >= 11 is 0. The van der Waals surface area contributed by atoms with E-state index < -0.39 is 11.9 Å². The Morgan fingerprint density at radius 1 is 0.607 bits per heavy atom. The smallest absolute Gasteiger partial charge is 0.319 e. The van der Waals surface area contributed by atoms with Crippen molar-refractivity contribution >= 4 is 5.97 Å². The van der Waals surface area contributed by atoms with Gasteiger partial charge in [-0.25, -0.2) is 4.79 Å². The lowest BCUT2D eigenvalue weighted by Crippen LogP contribution is -2.48. The molecule has 0 amide bonds. The second-order valence-electron chi connectivity index (χ2n) is 6.94. The van der Waals surface area contributed by atoms with Crippen LogP contribution in [0.2, 0.25) is 0 Å². The molecule has 6 heteroatoms. The largest absolute Gasteiger partial charge is 0.431 e. The Morgan fingerprint density at radius 3 is 1.50 bits per heavy atom. The summed E-state index contributed by atoms with van der Waals surface area (Å²) in [6, 6.07) is 0. The molecule has 0 radical (unpaired) electrons. The van der Waals surface area contributed by atoms with Gasteiger partial charge >= 0.3 is 11.9 Å². The molecule has 0 N–H and O–H groups in total. The van der Waals surface area contributed by atoms with E-state index in [1.54, 1.807) is 20.8 Å². The number of ether oxygens (including phenoxy) is 3. The number of carbonyl (C=O) groups is 1. The van der Waals surface area contributed by atoms with Crippen LogP contribution < -0.4 is 0 Å². The van der Waals surface area contributed by atoms with Crippen molar-refractivity contribution in [1.29, 1.82) is 0 Å². The van der Waals surface area contributed by atoms with E-state index >= 15 is 0 Å². The molecular weight excluding hydrogens is 360 g/mol. The highest BCUT2D eigenvalue weighted by Crippen LogP contribution is 2.20. The maximum Gasteiger partial charge on any atom is 0.431 e. The van der Waals surface area contributed by atoms with Crippen LogP contribution in [0.3, 0.4) is 0 Å². The predicted octanol–water partition coefficient (Wildman–Crippen LogP) is 5.93. The van der Waals surface area contributed by atoms with Crippen LogP contribution in [0.5, 0.6) is 0 Å². The molecular formula is C22H44O6. The first kappa shape index (κ1) is 27.3. The number of hydrogen-bond donors (Lipinski definition) is 0. The second kappa shape index (κ2) is 19.6. The van der Waals surface area contributed by atoms with Gasteiger partial charge in [0.2, 0.25) is 0 Å². The number of carbonyl (C=O) groups excluding carboxylic acids is 1. The third kappa shape index (κ3) is 13.5. The fourth-order valence-corrected chi connectivity index (χ4v) is 2.99. The molecule has 0 rings (SSSR count). The van der Waals surface area contributed by atoms with Crippen molar-refractivity contribution in [3.05, 3.63) is 0 Å². The van der Waals surface area contributed by atoms with E-state index in [2.05, 4.69) is 6.92 Å². The van der Waals surface area contributed by atoms with Crippen LogP contribution in [0.4, 0.5) is 0 Å². The highest BCUT2D eigenvalue weighted by Gasteiger charge is 2.45. The zero-order valence-corrected chi connectivity index (χ0v) is 18.8. The lowest BCUT2D eigenvalue weighted by atomic mass is 10.1. The molecule has 0 aromatic heterocycles. The minimum atomic E-state index is -1.84. The Labute approximate surface area is 172 Å². The molecule has 0 bridgehead atoms. The Morgan fingerprint density at radius 2 is 1.07 bits per heavy atom. The second-order valence-corrected chi connectivity index (χ2v) is 6.94. The molecule has 0 aromatic rings. The Balaban J connectivity index is 3.91. The molecule has 0 unspecified atom stereocenters. The van der Waals surface area contributed by atoms with E-state index in [1.165, 1.54) is 64.2 Å². The maximum absolute atomic E-state index is 12.2. The summed E-state index contributed by atoms with van der Waals surface area (Å²) < 4.78 is 16.5. The van der Waals surface area contributed by atoms with Crippen LogP contribution in [0.25, 0.3) is 0 Å². The number of rotatable bonds is 21. The Bertz CT molecular complexity index is 342. The highest BCUT2D eigenvalue weighted by atomic mass is 17.2. The van der Waals surface area contributed by atoms with Crippen molar-refractivity contribution in [3.8, 4) is 0 Å². The quantitative estimate of drug-likeness (QED) is 0.102. The minimum Gasteiger partial charge on any atom is -0.319 e. The molecule has 0 spiro atoms. The van der Waals surface area contributed by atoms with Crippen LogP contribution in [0, 0.1) is 0 Å². The topological polar surface area (TPSA) is 63.2 Å². The zero-order valence-electron chi connectivity index (χ0n) is 18.8. The van der Waals surface area contributed by atoms with Gasteiger partial charge < -0.3 is 14.2 Å². The molecule has 0 heterocycles. The lowest BCUT2D eigenvalue weighted by Gasteiger charge is -2.29. The summed E-state index contributed by atoms with van der Waals surface area (Å²) in [7, 11) is 0. The summed E-state index contributed by atoms with van der Waals surface area (Å²) in [4.78, 5) is 21.7. The Kier molecular flexibility index (Phi) is 19.1. The van der Waals surface area contributed by atoms with Crippen LogP contribution in [0.15, 0.2) is 0 Å². The minimum absolute atomic E-state index is 0.249. The molecule has 0 aliphatic heterocycles. The normalized spacial score (nSPS) is 11.7. The van der Waals surface area contributed by atoms with Crippen LogP contribution >= 0.6 is 0 Å². The standard InChI is InChI=1S/C22H44O6/c1-5-9-10-11-12-13-14-15-16-17-18-19-20-26-22(24-6-2,25-7-3)21(23)28-27-8-4/h5-20H2,1-4H3. The summed E-state index contributed by atoms with van der Waals surface area (Å²) in [5, 5.41) is 0. The first-order chi connectivity index (χ1) is 13.7. The summed E-state index contributed by atoms with van der Waals surface area (Å²) in [5.74, 6) is -2.65.